The van der Waals surface area contributed by atoms with Crippen molar-refractivity contribution in [1.29, 1.82) is 0 Å². The van der Waals surface area contributed by atoms with Crippen molar-refractivity contribution in [2.24, 2.45) is 0 Å². The van der Waals surface area contributed by atoms with E-state index in [4.69, 9.17) is 5.11 Å². The standard InChI is InChI=1S/C21H19BrN4O/c22-16-7-9-17(10-8-16)26-13-18(15-5-2-1-3-6-15)19-20(23-11-4-12-27)24-14-25-21(19)26/h1-3,5-10,13-14,27H,4,11-12H2,(H,23,24,25). The fraction of sp³-hybridized carbons (Fsp3) is 0.143. The molecule has 2 aromatic heterocycles. The first kappa shape index (κ1) is 17.7. The van der Waals surface area contributed by atoms with Gasteiger partial charge in [-0.3, -0.25) is 0 Å². The molecule has 136 valence electrons. The lowest BCUT2D eigenvalue weighted by Gasteiger charge is -2.08. The van der Waals surface area contributed by atoms with Gasteiger partial charge in [0, 0.05) is 35.1 Å². The number of nitrogens with zero attached hydrogens (tertiary/aromatic N) is 3. The summed E-state index contributed by atoms with van der Waals surface area (Å²) in [5, 5.41) is 13.4. The summed E-state index contributed by atoms with van der Waals surface area (Å²) in [6, 6.07) is 18.4. The molecule has 27 heavy (non-hydrogen) atoms. The molecule has 2 heterocycles. The van der Waals surface area contributed by atoms with Crippen LogP contribution in [0.15, 0.2) is 71.6 Å². The summed E-state index contributed by atoms with van der Waals surface area (Å²) in [7, 11) is 0. The van der Waals surface area contributed by atoms with Gasteiger partial charge in [0.2, 0.25) is 0 Å². The molecule has 0 fully saturated rings. The van der Waals surface area contributed by atoms with Gasteiger partial charge in [-0.05, 0) is 36.2 Å². The van der Waals surface area contributed by atoms with Crippen LogP contribution in [0.1, 0.15) is 6.42 Å². The Kier molecular flexibility index (Phi) is 5.18. The van der Waals surface area contributed by atoms with Crippen molar-refractivity contribution in [2.75, 3.05) is 18.5 Å². The van der Waals surface area contributed by atoms with Gasteiger partial charge in [0.1, 0.15) is 12.1 Å². The Labute approximate surface area is 165 Å². The molecule has 0 radical (unpaired) electrons. The molecule has 0 aliphatic carbocycles. The normalized spacial score (nSPS) is 11.0. The fourth-order valence-electron chi connectivity index (χ4n) is 3.12. The van der Waals surface area contributed by atoms with Crippen LogP contribution in [-0.4, -0.2) is 32.8 Å². The molecular weight excluding hydrogens is 404 g/mol. The minimum absolute atomic E-state index is 0.146. The molecule has 5 nitrogen and oxygen atoms in total. The fourth-order valence-corrected chi connectivity index (χ4v) is 3.38. The van der Waals surface area contributed by atoms with Crippen LogP contribution in [-0.2, 0) is 0 Å². The van der Waals surface area contributed by atoms with Crippen LogP contribution < -0.4 is 5.32 Å². The van der Waals surface area contributed by atoms with Crippen LogP contribution in [0.3, 0.4) is 0 Å². The molecular formula is C21H19BrN4O. The Hall–Kier alpha value is -2.70. The monoisotopic (exact) mass is 422 g/mol. The average molecular weight is 423 g/mol. The number of nitrogens with one attached hydrogen (secondary N) is 1. The Morgan fingerprint density at radius 2 is 1.78 bits per heavy atom. The topological polar surface area (TPSA) is 63.0 Å². The van der Waals surface area contributed by atoms with E-state index >= 15 is 0 Å². The molecule has 0 aliphatic heterocycles. The molecule has 0 unspecified atom stereocenters. The van der Waals surface area contributed by atoms with Crippen molar-refractivity contribution in [3.63, 3.8) is 0 Å². The third-order valence-electron chi connectivity index (χ3n) is 4.40. The maximum absolute atomic E-state index is 9.08. The second kappa shape index (κ2) is 7.90. The number of fused-ring (bicyclic) bond motifs is 1. The van der Waals surface area contributed by atoms with E-state index in [9.17, 15) is 0 Å². The smallest absolute Gasteiger partial charge is 0.150 e. The first-order valence-corrected chi connectivity index (χ1v) is 9.59. The highest BCUT2D eigenvalue weighted by Crippen LogP contribution is 2.35. The van der Waals surface area contributed by atoms with E-state index in [0.29, 0.717) is 13.0 Å². The van der Waals surface area contributed by atoms with Gasteiger partial charge in [0.15, 0.2) is 5.65 Å². The van der Waals surface area contributed by atoms with Crippen molar-refractivity contribution in [3.05, 3.63) is 71.6 Å². The van der Waals surface area contributed by atoms with E-state index in [2.05, 4.69) is 66.2 Å². The number of aromatic nitrogens is 3. The van der Waals surface area contributed by atoms with E-state index in [-0.39, 0.29) is 6.61 Å². The van der Waals surface area contributed by atoms with Crippen LogP contribution in [0.25, 0.3) is 27.8 Å². The van der Waals surface area contributed by atoms with Gasteiger partial charge < -0.3 is 15.0 Å². The number of aliphatic hydroxyl groups excluding tert-OH is 1. The molecule has 0 bridgehead atoms. The lowest BCUT2D eigenvalue weighted by atomic mass is 10.1. The maximum atomic E-state index is 9.08. The second-order valence-corrected chi connectivity index (χ2v) is 7.10. The van der Waals surface area contributed by atoms with Crippen molar-refractivity contribution in [1.82, 2.24) is 14.5 Å². The summed E-state index contributed by atoms with van der Waals surface area (Å²) in [5.74, 6) is 0.781. The lowest BCUT2D eigenvalue weighted by Crippen LogP contribution is -2.06. The van der Waals surface area contributed by atoms with E-state index < -0.39 is 0 Å². The Balaban J connectivity index is 1.92. The lowest BCUT2D eigenvalue weighted by molar-refractivity contribution is 0.292. The minimum atomic E-state index is 0.146. The van der Waals surface area contributed by atoms with Crippen molar-refractivity contribution in [3.8, 4) is 16.8 Å². The molecule has 2 aromatic carbocycles. The molecule has 4 aromatic rings. The van der Waals surface area contributed by atoms with Crippen LogP contribution in [0.4, 0.5) is 5.82 Å². The third-order valence-corrected chi connectivity index (χ3v) is 4.93. The van der Waals surface area contributed by atoms with Crippen LogP contribution in [0, 0.1) is 0 Å². The van der Waals surface area contributed by atoms with Crippen LogP contribution in [0.5, 0.6) is 0 Å². The SMILES string of the molecule is OCCCNc1ncnc2c1c(-c1ccccc1)cn2-c1ccc(Br)cc1. The number of hydrogen-bond acceptors (Lipinski definition) is 4. The van der Waals surface area contributed by atoms with Gasteiger partial charge in [-0.25, -0.2) is 9.97 Å². The predicted octanol–water partition coefficient (Wildman–Crippen LogP) is 4.64. The zero-order valence-corrected chi connectivity index (χ0v) is 16.2. The number of anilines is 1. The second-order valence-electron chi connectivity index (χ2n) is 6.18. The zero-order valence-electron chi connectivity index (χ0n) is 14.6. The van der Waals surface area contributed by atoms with E-state index in [0.717, 1.165) is 38.1 Å². The highest BCUT2D eigenvalue weighted by Gasteiger charge is 2.17. The number of hydrogen-bond donors (Lipinski definition) is 2. The highest BCUT2D eigenvalue weighted by atomic mass is 79.9. The van der Waals surface area contributed by atoms with E-state index in [1.165, 1.54) is 0 Å². The van der Waals surface area contributed by atoms with Gasteiger partial charge in [-0.15, -0.1) is 0 Å². The first-order valence-electron chi connectivity index (χ1n) is 8.80. The van der Waals surface area contributed by atoms with E-state index in [1.54, 1.807) is 6.33 Å². The first-order chi connectivity index (χ1) is 13.3. The quantitative estimate of drug-likeness (QED) is 0.444. The molecule has 0 amide bonds. The van der Waals surface area contributed by atoms with Crippen LogP contribution >= 0.6 is 15.9 Å². The summed E-state index contributed by atoms with van der Waals surface area (Å²) in [6.45, 7) is 0.799. The molecule has 6 heteroatoms. The largest absolute Gasteiger partial charge is 0.396 e. The van der Waals surface area contributed by atoms with Gasteiger partial charge in [-0.1, -0.05) is 46.3 Å². The van der Waals surface area contributed by atoms with Crippen molar-refractivity contribution in [2.45, 2.75) is 6.42 Å². The zero-order chi connectivity index (χ0) is 18.6. The average Bonchev–Trinajstić information content (AvgIpc) is 3.10. The van der Waals surface area contributed by atoms with Crippen molar-refractivity contribution >= 4 is 32.8 Å². The number of benzene rings is 2. The molecule has 0 saturated heterocycles. The highest BCUT2D eigenvalue weighted by molar-refractivity contribution is 9.10. The minimum Gasteiger partial charge on any atom is -0.396 e. The van der Waals surface area contributed by atoms with Gasteiger partial charge in [-0.2, -0.15) is 0 Å². The van der Waals surface area contributed by atoms with Gasteiger partial charge in [0.25, 0.3) is 0 Å². The maximum Gasteiger partial charge on any atom is 0.150 e. The summed E-state index contributed by atoms with van der Waals surface area (Å²) >= 11 is 3.49. The number of aliphatic hydroxyl groups is 1. The van der Waals surface area contributed by atoms with Crippen molar-refractivity contribution < 1.29 is 5.11 Å². The molecule has 0 spiro atoms. The molecule has 0 aliphatic rings. The van der Waals surface area contributed by atoms with Crippen LogP contribution in [0.2, 0.25) is 0 Å². The van der Waals surface area contributed by atoms with Gasteiger partial charge in [0.05, 0.1) is 5.39 Å². The van der Waals surface area contributed by atoms with E-state index in [1.807, 2.05) is 30.3 Å². The molecule has 0 saturated carbocycles. The van der Waals surface area contributed by atoms with Gasteiger partial charge >= 0.3 is 0 Å². The number of rotatable bonds is 6. The number of halogens is 1. The summed E-state index contributed by atoms with van der Waals surface area (Å²) in [6.07, 6.45) is 4.35. The molecule has 4 rings (SSSR count). The predicted molar refractivity (Wildman–Crippen MR) is 112 cm³/mol. The summed E-state index contributed by atoms with van der Waals surface area (Å²) in [4.78, 5) is 9.03. The summed E-state index contributed by atoms with van der Waals surface area (Å²) in [5.41, 5.74) is 4.06. The molecule has 0 atom stereocenters. The third kappa shape index (κ3) is 3.59. The Morgan fingerprint density at radius 1 is 1.00 bits per heavy atom. The summed E-state index contributed by atoms with van der Waals surface area (Å²) < 4.78 is 3.12. The Morgan fingerprint density at radius 3 is 2.52 bits per heavy atom. The Bertz CT molecular complexity index is 1050. The molecule has 2 N–H and O–H groups in total.